The Morgan fingerprint density at radius 1 is 1.53 bits per heavy atom. The second-order valence-electron chi connectivity index (χ2n) is 3.86. The minimum absolute atomic E-state index is 0.0259. The minimum atomic E-state index is -0.630. The molecule has 1 N–H and O–H groups in total. The van der Waals surface area contributed by atoms with Crippen molar-refractivity contribution >= 4 is 22.6 Å². The predicted octanol–water partition coefficient (Wildman–Crippen LogP) is -0.519. The van der Waals surface area contributed by atoms with Gasteiger partial charge in [0.1, 0.15) is 5.39 Å². The number of nitrogens with zero attached hydrogens (tertiary/aromatic N) is 5. The van der Waals surface area contributed by atoms with Crippen LogP contribution in [0.2, 0.25) is 0 Å². The smallest absolute Gasteiger partial charge is 0.362 e. The number of carbonyl (C=O) groups is 1. The molecule has 0 spiro atoms. The first-order chi connectivity index (χ1) is 9.13. The Hall–Kier alpha value is -2.71. The van der Waals surface area contributed by atoms with Crippen LogP contribution >= 0.6 is 0 Å². The van der Waals surface area contributed by atoms with Crippen molar-refractivity contribution in [3.63, 3.8) is 0 Å². The van der Waals surface area contributed by atoms with E-state index in [2.05, 4.69) is 20.4 Å². The van der Waals surface area contributed by atoms with Crippen LogP contribution in [0.4, 0.5) is 0 Å². The number of rotatable bonds is 2. The van der Waals surface area contributed by atoms with Gasteiger partial charge in [-0.15, -0.1) is 5.10 Å². The van der Waals surface area contributed by atoms with Crippen molar-refractivity contribution in [3.05, 3.63) is 22.2 Å². The molecule has 3 aromatic heterocycles. The Balaban J connectivity index is 2.38. The Labute approximate surface area is 105 Å². The Kier molecular flexibility index (Phi) is 2.34. The largest absolute Gasteiger partial charge is 0.461 e. The monoisotopic (exact) mass is 262 g/mol. The molecule has 0 aliphatic heterocycles. The van der Waals surface area contributed by atoms with Crippen molar-refractivity contribution in [2.75, 3.05) is 6.61 Å². The van der Waals surface area contributed by atoms with Crippen molar-refractivity contribution in [1.82, 2.24) is 29.6 Å². The second kappa shape index (κ2) is 3.90. The summed E-state index contributed by atoms with van der Waals surface area (Å²) in [5.41, 5.74) is 0.120. The first-order valence-corrected chi connectivity index (χ1v) is 5.59. The lowest BCUT2D eigenvalue weighted by Crippen LogP contribution is -2.13. The van der Waals surface area contributed by atoms with Crippen molar-refractivity contribution in [1.29, 1.82) is 0 Å². The van der Waals surface area contributed by atoms with Crippen molar-refractivity contribution in [2.24, 2.45) is 7.05 Å². The highest BCUT2D eigenvalue weighted by atomic mass is 16.5. The lowest BCUT2D eigenvalue weighted by Gasteiger charge is -1.99. The maximum Gasteiger partial charge on any atom is 0.362 e. The third kappa shape index (κ3) is 1.51. The molecule has 3 heterocycles. The molecule has 3 aromatic rings. The zero-order chi connectivity index (χ0) is 13.6. The molecule has 0 saturated heterocycles. The fraction of sp³-hybridized carbons (Fsp3) is 0.300. The molecular formula is C10H10N6O3. The van der Waals surface area contributed by atoms with Crippen molar-refractivity contribution in [2.45, 2.75) is 6.92 Å². The van der Waals surface area contributed by atoms with E-state index in [1.807, 2.05) is 0 Å². The maximum atomic E-state index is 11.9. The molecule has 0 aliphatic carbocycles. The molecule has 19 heavy (non-hydrogen) atoms. The summed E-state index contributed by atoms with van der Waals surface area (Å²) in [5.74, 6) is -0.630. The summed E-state index contributed by atoms with van der Waals surface area (Å²) >= 11 is 0. The highest BCUT2D eigenvalue weighted by Crippen LogP contribution is 2.12. The standard InChI is InChI=1S/C10H10N6O3/c1-3-19-10(18)6-7-12-8(17)5-4-11-15(2)9(5)16(7)14-13-6/h4,14H,3H2,1-2H3. The number of H-pyrrole nitrogens is 1. The summed E-state index contributed by atoms with van der Waals surface area (Å²) in [6.45, 7) is 1.90. The maximum absolute atomic E-state index is 11.9. The van der Waals surface area contributed by atoms with Crippen molar-refractivity contribution < 1.29 is 9.53 Å². The summed E-state index contributed by atoms with van der Waals surface area (Å²) in [4.78, 5) is 27.4. The van der Waals surface area contributed by atoms with Gasteiger partial charge < -0.3 is 4.74 Å². The molecule has 0 aliphatic rings. The third-order valence-electron chi connectivity index (χ3n) is 2.71. The van der Waals surface area contributed by atoms with Gasteiger partial charge in [0.2, 0.25) is 5.69 Å². The summed E-state index contributed by atoms with van der Waals surface area (Å²) in [6, 6.07) is 0. The lowest BCUT2D eigenvalue weighted by molar-refractivity contribution is 0.0521. The lowest BCUT2D eigenvalue weighted by atomic mass is 10.4. The molecule has 0 bridgehead atoms. The molecule has 0 radical (unpaired) electrons. The second-order valence-corrected chi connectivity index (χ2v) is 3.86. The molecule has 0 aromatic carbocycles. The highest BCUT2D eigenvalue weighted by molar-refractivity contribution is 5.94. The Morgan fingerprint density at radius 2 is 2.32 bits per heavy atom. The van der Waals surface area contributed by atoms with Crippen LogP contribution in [0.3, 0.4) is 0 Å². The number of aromatic nitrogens is 6. The number of aromatic amines is 1. The van der Waals surface area contributed by atoms with Gasteiger partial charge >= 0.3 is 5.97 Å². The molecule has 98 valence electrons. The summed E-state index contributed by atoms with van der Waals surface area (Å²) in [7, 11) is 1.68. The number of ether oxygens (including phenoxy) is 1. The molecule has 0 saturated carbocycles. The van der Waals surface area contributed by atoms with E-state index in [-0.39, 0.29) is 17.9 Å². The molecule has 0 unspecified atom stereocenters. The third-order valence-corrected chi connectivity index (χ3v) is 2.71. The number of aryl methyl sites for hydroxylation is 1. The van der Waals surface area contributed by atoms with Gasteiger partial charge in [-0.25, -0.2) is 14.5 Å². The van der Waals surface area contributed by atoms with Crippen LogP contribution in [0, 0.1) is 0 Å². The SMILES string of the molecule is CCOC(=O)c1n[nH]n2c1nc(=O)c1cnn(C)c12. The quantitative estimate of drug-likeness (QED) is 0.623. The summed E-state index contributed by atoms with van der Waals surface area (Å²) < 4.78 is 7.78. The zero-order valence-electron chi connectivity index (χ0n) is 10.2. The van der Waals surface area contributed by atoms with Gasteiger partial charge in [-0.2, -0.15) is 10.1 Å². The normalized spacial score (nSPS) is 11.3. The van der Waals surface area contributed by atoms with Gasteiger partial charge in [0, 0.05) is 7.05 Å². The fourth-order valence-electron chi connectivity index (χ4n) is 1.89. The number of fused-ring (bicyclic) bond motifs is 3. The highest BCUT2D eigenvalue weighted by Gasteiger charge is 2.20. The topological polar surface area (TPSA) is 107 Å². The number of esters is 1. The fourth-order valence-corrected chi connectivity index (χ4v) is 1.89. The average molecular weight is 262 g/mol. The summed E-state index contributed by atoms with van der Waals surface area (Å²) in [6.07, 6.45) is 1.42. The van der Waals surface area contributed by atoms with Gasteiger partial charge in [0.15, 0.2) is 11.3 Å². The van der Waals surface area contributed by atoms with Gasteiger partial charge in [-0.3, -0.25) is 9.48 Å². The first-order valence-electron chi connectivity index (χ1n) is 5.59. The molecule has 3 rings (SSSR count). The van der Waals surface area contributed by atoms with E-state index in [9.17, 15) is 9.59 Å². The van der Waals surface area contributed by atoms with Crippen LogP contribution in [-0.2, 0) is 11.8 Å². The van der Waals surface area contributed by atoms with Gasteiger partial charge in [0.25, 0.3) is 5.56 Å². The minimum Gasteiger partial charge on any atom is -0.461 e. The Bertz CT molecular complexity index is 842. The van der Waals surface area contributed by atoms with Crippen LogP contribution in [0.1, 0.15) is 17.4 Å². The van der Waals surface area contributed by atoms with E-state index in [0.717, 1.165) is 0 Å². The molecule has 9 heteroatoms. The molecule has 0 amide bonds. The van der Waals surface area contributed by atoms with E-state index >= 15 is 0 Å². The van der Waals surface area contributed by atoms with E-state index in [0.29, 0.717) is 11.0 Å². The number of hydrogen-bond acceptors (Lipinski definition) is 6. The molecule has 9 nitrogen and oxygen atoms in total. The van der Waals surface area contributed by atoms with Crippen LogP contribution in [0.5, 0.6) is 0 Å². The Morgan fingerprint density at radius 3 is 3.05 bits per heavy atom. The van der Waals surface area contributed by atoms with Crippen LogP contribution < -0.4 is 5.56 Å². The van der Waals surface area contributed by atoms with Crippen molar-refractivity contribution in [3.8, 4) is 0 Å². The van der Waals surface area contributed by atoms with E-state index in [4.69, 9.17) is 4.74 Å². The van der Waals surface area contributed by atoms with E-state index < -0.39 is 11.5 Å². The average Bonchev–Trinajstić information content (AvgIpc) is 2.94. The number of hydrogen-bond donors (Lipinski definition) is 1. The van der Waals surface area contributed by atoms with Gasteiger partial charge in [0.05, 0.1) is 12.8 Å². The number of carbonyl (C=O) groups excluding carboxylic acids is 1. The number of nitrogens with one attached hydrogen (secondary N) is 1. The van der Waals surface area contributed by atoms with Gasteiger partial charge in [-0.05, 0) is 6.92 Å². The van der Waals surface area contributed by atoms with E-state index in [1.54, 1.807) is 14.0 Å². The first kappa shape index (κ1) is 11.4. The van der Waals surface area contributed by atoms with Gasteiger partial charge in [-0.1, -0.05) is 0 Å². The van der Waals surface area contributed by atoms with Crippen LogP contribution in [0.15, 0.2) is 11.0 Å². The van der Waals surface area contributed by atoms with Crippen LogP contribution in [0.25, 0.3) is 16.7 Å². The predicted molar refractivity (Wildman–Crippen MR) is 63.8 cm³/mol. The zero-order valence-corrected chi connectivity index (χ0v) is 10.2. The summed E-state index contributed by atoms with van der Waals surface area (Å²) in [5, 5.41) is 10.8. The molecular weight excluding hydrogens is 252 g/mol. The molecule has 0 atom stereocenters. The van der Waals surface area contributed by atoms with Crippen LogP contribution in [-0.4, -0.2) is 42.2 Å². The molecule has 0 fully saturated rings. The van der Waals surface area contributed by atoms with E-state index in [1.165, 1.54) is 15.4 Å².